The van der Waals surface area contributed by atoms with Crippen molar-refractivity contribution >= 4 is 12.0 Å². The summed E-state index contributed by atoms with van der Waals surface area (Å²) in [5.74, 6) is 0.604. The molecule has 0 saturated carbocycles. The van der Waals surface area contributed by atoms with Gasteiger partial charge in [-0.1, -0.05) is 121 Å². The number of hydrogen-bond donors (Lipinski definition) is 1. The molecule has 158 valence electrons. The van der Waals surface area contributed by atoms with Gasteiger partial charge in [0.2, 0.25) is 0 Å². The van der Waals surface area contributed by atoms with Crippen LogP contribution in [0, 0.1) is 0 Å². The molecule has 0 amide bonds. The van der Waals surface area contributed by atoms with Crippen LogP contribution in [0.3, 0.4) is 0 Å². The van der Waals surface area contributed by atoms with Crippen molar-refractivity contribution in [2.24, 2.45) is 5.10 Å². The van der Waals surface area contributed by atoms with Crippen molar-refractivity contribution < 1.29 is 0 Å². The highest BCUT2D eigenvalue weighted by Crippen LogP contribution is 2.41. The topological polar surface area (TPSA) is 50.2 Å². The molecule has 0 aliphatic rings. The number of nitrogens with one attached hydrogen (secondary N) is 1. The predicted molar refractivity (Wildman–Crippen MR) is 136 cm³/mol. The van der Waals surface area contributed by atoms with E-state index in [4.69, 9.17) is 0 Å². The monoisotopic (exact) mass is 426 g/mol. The Balaban J connectivity index is 1.71. The summed E-state index contributed by atoms with van der Waals surface area (Å²) in [6, 6.07) is 40.7. The second-order valence-corrected chi connectivity index (χ2v) is 7.53. The van der Waals surface area contributed by atoms with Crippen LogP contribution in [0.1, 0.15) is 5.56 Å². The molecule has 0 aliphatic carbocycles. The van der Waals surface area contributed by atoms with Crippen molar-refractivity contribution in [3.63, 3.8) is 0 Å². The van der Waals surface area contributed by atoms with E-state index in [1.807, 2.05) is 84.9 Å². The number of benzene rings is 4. The number of anilines is 1. The lowest BCUT2D eigenvalue weighted by atomic mass is 9.91. The molecular formula is C29H22N4. The Bertz CT molecular complexity index is 1350. The summed E-state index contributed by atoms with van der Waals surface area (Å²) in [4.78, 5) is 0. The van der Waals surface area contributed by atoms with Crippen LogP contribution < -0.4 is 5.43 Å². The maximum absolute atomic E-state index is 4.65. The van der Waals surface area contributed by atoms with E-state index in [0.717, 1.165) is 39.1 Å². The van der Waals surface area contributed by atoms with Gasteiger partial charge >= 0.3 is 0 Å². The molecule has 4 nitrogen and oxygen atoms in total. The van der Waals surface area contributed by atoms with Gasteiger partial charge in [0.15, 0.2) is 5.82 Å². The van der Waals surface area contributed by atoms with Crippen LogP contribution in [0.15, 0.2) is 126 Å². The minimum Gasteiger partial charge on any atom is -0.259 e. The molecule has 0 radical (unpaired) electrons. The van der Waals surface area contributed by atoms with Gasteiger partial charge in [0.1, 0.15) is 5.69 Å². The molecule has 0 fully saturated rings. The third-order valence-corrected chi connectivity index (χ3v) is 5.33. The Morgan fingerprint density at radius 2 is 1.00 bits per heavy atom. The molecule has 0 aliphatic heterocycles. The van der Waals surface area contributed by atoms with Gasteiger partial charge in [-0.25, -0.2) is 0 Å². The lowest BCUT2D eigenvalue weighted by Gasteiger charge is -2.17. The van der Waals surface area contributed by atoms with Crippen molar-refractivity contribution in [1.29, 1.82) is 0 Å². The van der Waals surface area contributed by atoms with E-state index in [0.29, 0.717) is 5.82 Å². The first-order valence-corrected chi connectivity index (χ1v) is 10.8. The van der Waals surface area contributed by atoms with E-state index in [9.17, 15) is 0 Å². The second-order valence-electron chi connectivity index (χ2n) is 7.53. The van der Waals surface area contributed by atoms with Gasteiger partial charge in [0.05, 0.1) is 6.21 Å². The van der Waals surface area contributed by atoms with Gasteiger partial charge < -0.3 is 0 Å². The van der Waals surface area contributed by atoms with Crippen molar-refractivity contribution in [3.8, 4) is 33.5 Å². The number of hydrazone groups is 1. The summed E-state index contributed by atoms with van der Waals surface area (Å²) >= 11 is 0. The second kappa shape index (κ2) is 9.71. The Morgan fingerprint density at radius 3 is 1.58 bits per heavy atom. The largest absolute Gasteiger partial charge is 0.259 e. The van der Waals surface area contributed by atoms with Crippen LogP contribution in [0.2, 0.25) is 0 Å². The third kappa shape index (κ3) is 4.55. The van der Waals surface area contributed by atoms with Crippen molar-refractivity contribution in [2.45, 2.75) is 0 Å². The Labute approximate surface area is 193 Å². The van der Waals surface area contributed by atoms with Crippen LogP contribution in [-0.4, -0.2) is 16.4 Å². The average Bonchev–Trinajstić information content (AvgIpc) is 2.90. The highest BCUT2D eigenvalue weighted by Gasteiger charge is 2.20. The molecule has 5 rings (SSSR count). The quantitative estimate of drug-likeness (QED) is 0.237. The van der Waals surface area contributed by atoms with Crippen LogP contribution in [0.4, 0.5) is 5.82 Å². The normalized spacial score (nSPS) is 10.9. The van der Waals surface area contributed by atoms with Crippen LogP contribution >= 0.6 is 0 Å². The van der Waals surface area contributed by atoms with Gasteiger partial charge in [-0.15, -0.1) is 10.2 Å². The standard InChI is InChI=1S/C29H22N4/c1-5-13-22(14-6-1)21-30-32-29-27(24-17-9-3-10-18-24)26(23-15-7-2-8-16-23)28(31-33-29)25-19-11-4-12-20-25/h1-21H,(H,32,33). The molecule has 0 spiro atoms. The van der Waals surface area contributed by atoms with Crippen LogP contribution in [0.25, 0.3) is 33.5 Å². The Morgan fingerprint density at radius 1 is 0.515 bits per heavy atom. The summed E-state index contributed by atoms with van der Waals surface area (Å²) in [7, 11) is 0. The lowest BCUT2D eigenvalue weighted by Crippen LogP contribution is -2.03. The van der Waals surface area contributed by atoms with Crippen molar-refractivity contribution in [3.05, 3.63) is 127 Å². The zero-order valence-corrected chi connectivity index (χ0v) is 18.0. The van der Waals surface area contributed by atoms with Crippen LogP contribution in [-0.2, 0) is 0 Å². The molecular weight excluding hydrogens is 404 g/mol. The molecule has 4 heteroatoms. The van der Waals surface area contributed by atoms with E-state index in [-0.39, 0.29) is 0 Å². The van der Waals surface area contributed by atoms with Gasteiger partial charge in [-0.05, 0) is 16.7 Å². The first-order valence-electron chi connectivity index (χ1n) is 10.8. The average molecular weight is 427 g/mol. The lowest BCUT2D eigenvalue weighted by molar-refractivity contribution is 1.03. The molecule has 1 aromatic heterocycles. The summed E-state index contributed by atoms with van der Waals surface area (Å²) in [6.45, 7) is 0. The first kappa shape index (κ1) is 20.3. The molecule has 0 unspecified atom stereocenters. The molecule has 0 bridgehead atoms. The fourth-order valence-electron chi connectivity index (χ4n) is 3.79. The minimum absolute atomic E-state index is 0.604. The molecule has 1 N–H and O–H groups in total. The van der Waals surface area contributed by atoms with Gasteiger partial charge in [-0.3, -0.25) is 5.43 Å². The first-order chi connectivity index (χ1) is 16.4. The zero-order valence-electron chi connectivity index (χ0n) is 18.0. The maximum atomic E-state index is 4.65. The number of nitrogens with zero attached hydrogens (tertiary/aromatic N) is 3. The fraction of sp³-hybridized carbons (Fsp3) is 0. The van der Waals surface area contributed by atoms with Gasteiger partial charge in [0, 0.05) is 16.7 Å². The van der Waals surface area contributed by atoms with E-state index >= 15 is 0 Å². The number of hydrogen-bond acceptors (Lipinski definition) is 4. The van der Waals surface area contributed by atoms with Gasteiger partial charge in [0.25, 0.3) is 0 Å². The highest BCUT2D eigenvalue weighted by molar-refractivity contribution is 5.97. The SMILES string of the molecule is C(=NNc1nnc(-c2ccccc2)c(-c2ccccc2)c1-c1ccccc1)c1ccccc1. The molecule has 0 saturated heterocycles. The fourth-order valence-corrected chi connectivity index (χ4v) is 3.79. The van der Waals surface area contributed by atoms with E-state index < -0.39 is 0 Å². The Kier molecular flexibility index (Phi) is 5.98. The van der Waals surface area contributed by atoms with Gasteiger partial charge in [-0.2, -0.15) is 5.10 Å². The van der Waals surface area contributed by atoms with E-state index in [1.54, 1.807) is 6.21 Å². The van der Waals surface area contributed by atoms with Crippen molar-refractivity contribution in [1.82, 2.24) is 10.2 Å². The number of rotatable bonds is 6. The maximum Gasteiger partial charge on any atom is 0.177 e. The smallest absolute Gasteiger partial charge is 0.177 e. The summed E-state index contributed by atoms with van der Waals surface area (Å²) in [6.07, 6.45) is 1.78. The van der Waals surface area contributed by atoms with Crippen LogP contribution in [0.5, 0.6) is 0 Å². The summed E-state index contributed by atoms with van der Waals surface area (Å²) in [5, 5.41) is 13.7. The number of aromatic nitrogens is 2. The molecule has 4 aromatic carbocycles. The Hall–Kier alpha value is -4.57. The third-order valence-electron chi connectivity index (χ3n) is 5.33. The van der Waals surface area contributed by atoms with E-state index in [1.165, 1.54) is 0 Å². The summed E-state index contributed by atoms with van der Waals surface area (Å²) in [5.41, 5.74) is 10.1. The predicted octanol–water partition coefficient (Wildman–Crippen LogP) is 6.92. The molecule has 1 heterocycles. The molecule has 5 aromatic rings. The molecule has 0 atom stereocenters. The zero-order chi connectivity index (χ0) is 22.3. The van der Waals surface area contributed by atoms with Crippen molar-refractivity contribution in [2.75, 3.05) is 5.43 Å². The minimum atomic E-state index is 0.604. The summed E-state index contributed by atoms with van der Waals surface area (Å²) < 4.78 is 0. The highest BCUT2D eigenvalue weighted by atomic mass is 15.3. The molecule has 33 heavy (non-hydrogen) atoms. The van der Waals surface area contributed by atoms with E-state index in [2.05, 4.69) is 57.1 Å².